The molecule has 138 valence electrons. The van der Waals surface area contributed by atoms with Crippen molar-refractivity contribution < 1.29 is 18.0 Å². The minimum absolute atomic E-state index is 0. The maximum absolute atomic E-state index is 12.9. The van der Waals surface area contributed by atoms with Crippen molar-refractivity contribution >= 4 is 24.0 Å². The molecule has 0 aliphatic heterocycles. The van der Waals surface area contributed by atoms with Gasteiger partial charge in [-0.1, -0.05) is 13.3 Å². The number of aromatic nitrogens is 2. The van der Waals surface area contributed by atoms with Crippen LogP contribution in [0.2, 0.25) is 0 Å². The van der Waals surface area contributed by atoms with Gasteiger partial charge >= 0.3 is 6.18 Å². The summed E-state index contributed by atoms with van der Waals surface area (Å²) in [6.45, 7) is 3.56. The highest BCUT2D eigenvalue weighted by atomic mass is 35.5. The number of carbonyl (C=O) groups excluding carboxylic acids is 1. The Bertz CT molecular complexity index is 711. The first-order valence-electron chi connectivity index (χ1n) is 7.47. The zero-order valence-corrected chi connectivity index (χ0v) is 14.6. The molecule has 1 unspecified atom stereocenters. The molecule has 0 saturated carbocycles. The lowest BCUT2D eigenvalue weighted by atomic mass is 9.96. The molecule has 2 aromatic rings. The van der Waals surface area contributed by atoms with Crippen molar-refractivity contribution in [2.75, 3.05) is 5.32 Å². The highest BCUT2D eigenvalue weighted by molar-refractivity contribution is 5.97. The smallest absolute Gasteiger partial charge is 0.325 e. The molecule has 2 rings (SSSR count). The van der Waals surface area contributed by atoms with Gasteiger partial charge in [0.05, 0.1) is 17.4 Å². The van der Waals surface area contributed by atoms with Gasteiger partial charge < -0.3 is 11.1 Å². The van der Waals surface area contributed by atoms with Gasteiger partial charge in [0.2, 0.25) is 5.91 Å². The van der Waals surface area contributed by atoms with Gasteiger partial charge in [-0.2, -0.15) is 18.3 Å². The van der Waals surface area contributed by atoms with Crippen LogP contribution >= 0.6 is 12.4 Å². The molecular formula is C16H20ClF3N4O. The molecule has 0 bridgehead atoms. The second-order valence-corrected chi connectivity index (χ2v) is 5.79. The second-order valence-electron chi connectivity index (χ2n) is 5.79. The standard InChI is InChI=1S/C16H19F3N4O.ClH/c1-3-9-15(2,20)14(24)22-11-4-6-12(7-5-11)23-13(8-10-21-23)16(17,18)19;/h4-8,10H,3,9,20H2,1-2H3,(H,22,24);1H. The molecule has 1 amide bonds. The first-order valence-corrected chi connectivity index (χ1v) is 7.47. The third kappa shape index (κ3) is 4.96. The normalized spacial score (nSPS) is 13.7. The first kappa shape index (κ1) is 21.0. The number of hydrogen-bond acceptors (Lipinski definition) is 3. The fraction of sp³-hybridized carbons (Fsp3) is 0.375. The third-order valence-electron chi connectivity index (χ3n) is 3.59. The maximum Gasteiger partial charge on any atom is 0.433 e. The number of rotatable bonds is 5. The molecule has 9 heteroatoms. The average molecular weight is 377 g/mol. The van der Waals surface area contributed by atoms with Gasteiger partial charge in [-0.3, -0.25) is 4.79 Å². The zero-order valence-electron chi connectivity index (χ0n) is 13.8. The molecule has 25 heavy (non-hydrogen) atoms. The van der Waals surface area contributed by atoms with E-state index in [1.165, 1.54) is 24.3 Å². The maximum atomic E-state index is 12.9. The Morgan fingerprint density at radius 1 is 1.24 bits per heavy atom. The monoisotopic (exact) mass is 376 g/mol. The van der Waals surface area contributed by atoms with Gasteiger partial charge in [-0.15, -0.1) is 12.4 Å². The number of halogens is 4. The fourth-order valence-electron chi connectivity index (χ4n) is 2.32. The number of amides is 1. The summed E-state index contributed by atoms with van der Waals surface area (Å²) < 4.78 is 39.5. The topological polar surface area (TPSA) is 72.9 Å². The van der Waals surface area contributed by atoms with Crippen LogP contribution in [0.3, 0.4) is 0 Å². The minimum atomic E-state index is -4.50. The van der Waals surface area contributed by atoms with Gasteiger partial charge in [0.15, 0.2) is 0 Å². The summed E-state index contributed by atoms with van der Waals surface area (Å²) in [5, 5.41) is 6.36. The number of hydrogen-bond donors (Lipinski definition) is 2. The van der Waals surface area contributed by atoms with Gasteiger partial charge in [0.1, 0.15) is 5.69 Å². The van der Waals surface area contributed by atoms with Crippen LogP contribution in [-0.4, -0.2) is 21.2 Å². The lowest BCUT2D eigenvalue weighted by Crippen LogP contribution is -2.48. The molecule has 0 spiro atoms. The van der Waals surface area contributed by atoms with E-state index in [9.17, 15) is 18.0 Å². The van der Waals surface area contributed by atoms with Crippen molar-refractivity contribution in [1.82, 2.24) is 9.78 Å². The summed E-state index contributed by atoms with van der Waals surface area (Å²) in [5.74, 6) is -0.341. The van der Waals surface area contributed by atoms with Crippen molar-refractivity contribution in [2.24, 2.45) is 5.73 Å². The summed E-state index contributed by atoms with van der Waals surface area (Å²) in [5.41, 5.74) is 4.78. The van der Waals surface area contributed by atoms with Gasteiger partial charge in [-0.25, -0.2) is 4.68 Å². The molecule has 1 heterocycles. The number of alkyl halides is 3. The van der Waals surface area contributed by atoms with Gasteiger partial charge in [0, 0.05) is 5.69 Å². The van der Waals surface area contributed by atoms with Crippen molar-refractivity contribution in [2.45, 2.75) is 38.4 Å². The second kappa shape index (κ2) is 7.88. The largest absolute Gasteiger partial charge is 0.433 e. The molecule has 3 N–H and O–H groups in total. The molecule has 1 atom stereocenters. The number of nitrogens with zero attached hydrogens (tertiary/aromatic N) is 2. The minimum Gasteiger partial charge on any atom is -0.325 e. The van der Waals surface area contributed by atoms with E-state index in [1.807, 2.05) is 6.92 Å². The highest BCUT2D eigenvalue weighted by Crippen LogP contribution is 2.30. The van der Waals surface area contributed by atoms with Crippen LogP contribution in [0.4, 0.5) is 18.9 Å². The van der Waals surface area contributed by atoms with E-state index in [-0.39, 0.29) is 24.0 Å². The van der Waals surface area contributed by atoms with Crippen molar-refractivity contribution in [1.29, 1.82) is 0 Å². The van der Waals surface area contributed by atoms with E-state index in [1.54, 1.807) is 6.92 Å². The predicted molar refractivity (Wildman–Crippen MR) is 91.9 cm³/mol. The summed E-state index contributed by atoms with van der Waals surface area (Å²) in [7, 11) is 0. The van der Waals surface area contributed by atoms with E-state index in [2.05, 4.69) is 10.4 Å². The summed E-state index contributed by atoms with van der Waals surface area (Å²) in [6.07, 6.45) is -2.12. The average Bonchev–Trinajstić information content (AvgIpc) is 2.97. The van der Waals surface area contributed by atoms with Crippen molar-refractivity contribution in [3.63, 3.8) is 0 Å². The molecular weight excluding hydrogens is 357 g/mol. The molecule has 0 aliphatic carbocycles. The van der Waals surface area contributed by atoms with E-state index < -0.39 is 17.4 Å². The number of carbonyl (C=O) groups is 1. The molecule has 5 nitrogen and oxygen atoms in total. The van der Waals surface area contributed by atoms with Crippen LogP contribution in [0.1, 0.15) is 32.4 Å². The van der Waals surface area contributed by atoms with Crippen LogP contribution < -0.4 is 11.1 Å². The number of nitrogens with two attached hydrogens (primary N) is 1. The Morgan fingerprint density at radius 3 is 2.36 bits per heavy atom. The van der Waals surface area contributed by atoms with Crippen LogP contribution in [-0.2, 0) is 11.0 Å². The SMILES string of the molecule is CCCC(C)(N)C(=O)Nc1ccc(-n2nccc2C(F)(F)F)cc1.Cl. The van der Waals surface area contributed by atoms with Crippen LogP contribution in [0, 0.1) is 0 Å². The zero-order chi connectivity index (χ0) is 18.0. The van der Waals surface area contributed by atoms with Crippen LogP contribution in [0.25, 0.3) is 5.69 Å². The lowest BCUT2D eigenvalue weighted by Gasteiger charge is -2.22. The Labute approximate surface area is 149 Å². The molecule has 0 aliphatic rings. The number of anilines is 1. The summed E-state index contributed by atoms with van der Waals surface area (Å²) in [6, 6.07) is 6.82. The predicted octanol–water partition coefficient (Wildman–Crippen LogP) is 3.77. The van der Waals surface area contributed by atoms with Gasteiger partial charge in [-0.05, 0) is 43.7 Å². The summed E-state index contributed by atoms with van der Waals surface area (Å²) >= 11 is 0. The van der Waals surface area contributed by atoms with Crippen LogP contribution in [0.5, 0.6) is 0 Å². The van der Waals surface area contributed by atoms with E-state index in [4.69, 9.17) is 5.73 Å². The first-order chi connectivity index (χ1) is 11.1. The number of nitrogens with one attached hydrogen (secondary N) is 1. The quantitative estimate of drug-likeness (QED) is 0.834. The Balaban J connectivity index is 0.00000312. The van der Waals surface area contributed by atoms with Crippen molar-refractivity contribution in [3.05, 3.63) is 42.2 Å². The molecule has 0 fully saturated rings. The third-order valence-corrected chi connectivity index (χ3v) is 3.59. The van der Waals surface area contributed by atoms with Crippen molar-refractivity contribution in [3.8, 4) is 5.69 Å². The van der Waals surface area contributed by atoms with Crippen LogP contribution in [0.15, 0.2) is 36.5 Å². The van der Waals surface area contributed by atoms with Gasteiger partial charge in [0.25, 0.3) is 0 Å². The Kier molecular flexibility index (Phi) is 6.61. The molecule has 1 aromatic carbocycles. The Morgan fingerprint density at radius 2 is 1.84 bits per heavy atom. The highest BCUT2D eigenvalue weighted by Gasteiger charge is 2.35. The molecule has 1 aromatic heterocycles. The number of benzene rings is 1. The summed E-state index contributed by atoms with van der Waals surface area (Å²) in [4.78, 5) is 12.1. The molecule has 0 radical (unpaired) electrons. The van der Waals surface area contributed by atoms with E-state index >= 15 is 0 Å². The Hall–Kier alpha value is -2.06. The molecule has 0 saturated heterocycles. The fourth-order valence-corrected chi connectivity index (χ4v) is 2.32. The van der Waals surface area contributed by atoms with E-state index in [0.29, 0.717) is 12.1 Å². The van der Waals surface area contributed by atoms with E-state index in [0.717, 1.165) is 23.4 Å². The lowest BCUT2D eigenvalue weighted by molar-refractivity contribution is -0.142.